The highest BCUT2D eigenvalue weighted by atomic mass is 35.5. The largest absolute Gasteiger partial charge is 0.386 e. The molecule has 32 heavy (non-hydrogen) atoms. The smallest absolute Gasteiger partial charge is 0.263 e. The molecule has 1 saturated heterocycles. The summed E-state index contributed by atoms with van der Waals surface area (Å²) in [7, 11) is -3.63. The number of oxime groups is 1. The van der Waals surface area contributed by atoms with Crippen molar-refractivity contribution in [3.63, 3.8) is 0 Å². The molecule has 0 N–H and O–H groups in total. The molecule has 166 valence electrons. The zero-order valence-corrected chi connectivity index (χ0v) is 18.8. The molecule has 4 rings (SSSR count). The Kier molecular flexibility index (Phi) is 6.74. The first kappa shape index (κ1) is 22.3. The zero-order valence-electron chi connectivity index (χ0n) is 17.2. The Bertz CT molecular complexity index is 1240. The highest BCUT2D eigenvalue weighted by molar-refractivity contribution is 7.89. The fourth-order valence-electron chi connectivity index (χ4n) is 3.49. The molecule has 3 aromatic rings. The molecule has 1 fully saturated rings. The Morgan fingerprint density at radius 1 is 0.969 bits per heavy atom. The van der Waals surface area contributed by atoms with E-state index in [0.29, 0.717) is 18.1 Å². The van der Waals surface area contributed by atoms with Crippen LogP contribution in [0.3, 0.4) is 0 Å². The summed E-state index contributed by atoms with van der Waals surface area (Å²) >= 11 is 5.83. The van der Waals surface area contributed by atoms with Crippen LogP contribution < -0.4 is 0 Å². The van der Waals surface area contributed by atoms with E-state index in [9.17, 15) is 13.2 Å². The van der Waals surface area contributed by atoms with Gasteiger partial charge in [-0.15, -0.1) is 0 Å². The number of hydrogen-bond donors (Lipinski definition) is 0. The average molecular weight is 472 g/mol. The van der Waals surface area contributed by atoms with Crippen molar-refractivity contribution in [2.45, 2.75) is 4.90 Å². The van der Waals surface area contributed by atoms with E-state index in [1.807, 2.05) is 30.3 Å². The molecule has 0 radical (unpaired) electrons. The summed E-state index contributed by atoms with van der Waals surface area (Å²) < 4.78 is 27.5. The summed E-state index contributed by atoms with van der Waals surface area (Å²) in [4.78, 5) is 19.3. The quantitative estimate of drug-likeness (QED) is 0.408. The predicted octanol–water partition coefficient (Wildman–Crippen LogP) is 3.38. The van der Waals surface area contributed by atoms with Gasteiger partial charge >= 0.3 is 0 Å². The minimum Gasteiger partial charge on any atom is -0.386 e. The number of rotatable bonds is 6. The van der Waals surface area contributed by atoms with Crippen molar-refractivity contribution in [2.75, 3.05) is 32.8 Å². The van der Waals surface area contributed by atoms with Gasteiger partial charge in [-0.2, -0.15) is 4.31 Å². The lowest BCUT2D eigenvalue weighted by molar-refractivity contribution is -0.137. The molecule has 0 aliphatic carbocycles. The van der Waals surface area contributed by atoms with E-state index in [-0.39, 0.29) is 30.5 Å². The number of amides is 1. The van der Waals surface area contributed by atoms with Gasteiger partial charge in [-0.1, -0.05) is 59.2 Å². The lowest BCUT2D eigenvalue weighted by Gasteiger charge is -2.33. The van der Waals surface area contributed by atoms with Gasteiger partial charge in [0.15, 0.2) is 6.61 Å². The summed E-state index contributed by atoms with van der Waals surface area (Å²) in [6.07, 6.45) is 1.50. The number of halogens is 1. The Balaban J connectivity index is 1.30. The summed E-state index contributed by atoms with van der Waals surface area (Å²) in [6, 6.07) is 19.8. The van der Waals surface area contributed by atoms with Crippen LogP contribution >= 0.6 is 11.6 Å². The summed E-state index contributed by atoms with van der Waals surface area (Å²) in [5.41, 5.74) is 0.800. The van der Waals surface area contributed by atoms with Crippen LogP contribution in [0.4, 0.5) is 0 Å². The van der Waals surface area contributed by atoms with Crippen LogP contribution in [0.5, 0.6) is 0 Å². The molecule has 0 aromatic heterocycles. The monoisotopic (exact) mass is 471 g/mol. The second kappa shape index (κ2) is 9.68. The Labute approximate surface area is 191 Å². The van der Waals surface area contributed by atoms with Crippen LogP contribution in [0.15, 0.2) is 76.8 Å². The molecule has 1 aliphatic heterocycles. The van der Waals surface area contributed by atoms with E-state index in [4.69, 9.17) is 16.4 Å². The minimum absolute atomic E-state index is 0.207. The van der Waals surface area contributed by atoms with Gasteiger partial charge < -0.3 is 9.74 Å². The van der Waals surface area contributed by atoms with Crippen LogP contribution in [0.1, 0.15) is 5.56 Å². The molecule has 0 saturated carbocycles. The third-order valence-electron chi connectivity index (χ3n) is 5.28. The third-order valence-corrected chi connectivity index (χ3v) is 7.43. The van der Waals surface area contributed by atoms with Crippen molar-refractivity contribution in [2.24, 2.45) is 5.16 Å². The SMILES string of the molecule is O=C(CO/N=C/c1ccc(Cl)cc1)N1CCN(S(=O)(=O)c2ccc3ccccc3c2)CC1. The molecule has 1 aliphatic rings. The fraction of sp³-hybridized carbons (Fsp3) is 0.217. The van der Waals surface area contributed by atoms with E-state index >= 15 is 0 Å². The van der Waals surface area contributed by atoms with Crippen LogP contribution in [-0.2, 0) is 19.7 Å². The molecule has 0 unspecified atom stereocenters. The maximum Gasteiger partial charge on any atom is 0.263 e. The lowest BCUT2D eigenvalue weighted by atomic mass is 10.1. The second-order valence-electron chi connectivity index (χ2n) is 7.35. The van der Waals surface area contributed by atoms with Gasteiger partial charge in [0.2, 0.25) is 10.0 Å². The van der Waals surface area contributed by atoms with Gasteiger partial charge in [0, 0.05) is 31.2 Å². The van der Waals surface area contributed by atoms with Gasteiger partial charge in [0.1, 0.15) is 0 Å². The fourth-order valence-corrected chi connectivity index (χ4v) is 5.07. The highest BCUT2D eigenvalue weighted by Crippen LogP contribution is 2.23. The maximum absolute atomic E-state index is 13.0. The van der Waals surface area contributed by atoms with Gasteiger partial charge in [-0.25, -0.2) is 8.42 Å². The van der Waals surface area contributed by atoms with Crippen LogP contribution in [0, 0.1) is 0 Å². The number of benzene rings is 3. The molecular formula is C23H22ClN3O4S. The van der Waals surface area contributed by atoms with Crippen molar-refractivity contribution < 1.29 is 18.0 Å². The van der Waals surface area contributed by atoms with Crippen molar-refractivity contribution in [1.82, 2.24) is 9.21 Å². The Morgan fingerprint density at radius 2 is 1.66 bits per heavy atom. The first-order chi connectivity index (χ1) is 15.4. The molecule has 3 aromatic carbocycles. The summed E-state index contributed by atoms with van der Waals surface area (Å²) in [5.74, 6) is -0.235. The molecule has 1 heterocycles. The standard InChI is InChI=1S/C23H22ClN3O4S/c24-21-8-5-18(6-9-21)16-25-31-17-23(28)26-11-13-27(14-12-26)32(29,30)22-10-7-19-3-1-2-4-20(19)15-22/h1-10,15-16H,11-14,17H2/b25-16+. The van der Waals surface area contributed by atoms with E-state index in [2.05, 4.69) is 5.16 Å². The van der Waals surface area contributed by atoms with Crippen LogP contribution in [0.2, 0.25) is 5.02 Å². The summed E-state index contributed by atoms with van der Waals surface area (Å²) in [5, 5.41) is 6.29. The molecule has 1 amide bonds. The van der Waals surface area contributed by atoms with Crippen molar-refractivity contribution in [3.8, 4) is 0 Å². The lowest BCUT2D eigenvalue weighted by Crippen LogP contribution is -2.51. The van der Waals surface area contributed by atoms with Crippen LogP contribution in [-0.4, -0.2) is 62.5 Å². The van der Waals surface area contributed by atoms with Gasteiger partial charge in [0.05, 0.1) is 11.1 Å². The number of fused-ring (bicyclic) bond motifs is 1. The molecular weight excluding hydrogens is 450 g/mol. The van der Waals surface area contributed by atoms with Gasteiger partial charge in [0.25, 0.3) is 5.91 Å². The zero-order chi connectivity index (χ0) is 22.6. The van der Waals surface area contributed by atoms with Crippen molar-refractivity contribution in [1.29, 1.82) is 0 Å². The van der Waals surface area contributed by atoms with Crippen molar-refractivity contribution >= 4 is 44.5 Å². The molecule has 9 heteroatoms. The molecule has 0 spiro atoms. The molecule has 0 bridgehead atoms. The Hall–Kier alpha value is -2.94. The van der Waals surface area contributed by atoms with Crippen molar-refractivity contribution in [3.05, 3.63) is 77.3 Å². The number of nitrogens with zero attached hydrogens (tertiary/aromatic N) is 3. The topological polar surface area (TPSA) is 79.3 Å². The van der Waals surface area contributed by atoms with E-state index in [1.165, 1.54) is 10.5 Å². The van der Waals surface area contributed by atoms with Gasteiger partial charge in [-0.3, -0.25) is 4.79 Å². The number of carbonyl (C=O) groups excluding carboxylic acids is 1. The minimum atomic E-state index is -3.63. The maximum atomic E-state index is 13.0. The molecule has 0 atom stereocenters. The van der Waals surface area contributed by atoms with E-state index in [1.54, 1.807) is 41.3 Å². The number of piperazine rings is 1. The van der Waals surface area contributed by atoms with E-state index < -0.39 is 10.0 Å². The van der Waals surface area contributed by atoms with Gasteiger partial charge in [-0.05, 0) is 40.6 Å². The normalized spacial score (nSPS) is 15.3. The van der Waals surface area contributed by atoms with Crippen LogP contribution in [0.25, 0.3) is 10.8 Å². The number of hydrogen-bond acceptors (Lipinski definition) is 5. The predicted molar refractivity (Wildman–Crippen MR) is 124 cm³/mol. The number of sulfonamides is 1. The Morgan fingerprint density at radius 3 is 2.38 bits per heavy atom. The first-order valence-corrected chi connectivity index (χ1v) is 11.9. The average Bonchev–Trinajstić information content (AvgIpc) is 2.82. The number of carbonyl (C=O) groups is 1. The van der Waals surface area contributed by atoms with E-state index in [0.717, 1.165) is 16.3 Å². The molecule has 7 nitrogen and oxygen atoms in total. The highest BCUT2D eigenvalue weighted by Gasteiger charge is 2.30. The third kappa shape index (κ3) is 5.09. The second-order valence-corrected chi connectivity index (χ2v) is 9.73. The first-order valence-electron chi connectivity index (χ1n) is 10.1. The summed E-state index contributed by atoms with van der Waals surface area (Å²) in [6.45, 7) is 0.858.